The Morgan fingerprint density at radius 1 is 1.25 bits per heavy atom. The summed E-state index contributed by atoms with van der Waals surface area (Å²) in [6, 6.07) is 12.1. The molecule has 162 valence electrons. The number of aryl methyl sites for hydroxylation is 1. The molecule has 8 nitrogen and oxygen atoms in total. The first-order valence-electron chi connectivity index (χ1n) is 11.0. The molecule has 2 aliphatic rings. The number of anilines is 2. The Morgan fingerprint density at radius 3 is 2.97 bits per heavy atom. The van der Waals surface area contributed by atoms with Crippen LogP contribution in [0.1, 0.15) is 42.6 Å². The van der Waals surface area contributed by atoms with Crippen molar-refractivity contribution in [3.05, 3.63) is 53.3 Å². The molecule has 1 aromatic carbocycles. The van der Waals surface area contributed by atoms with Gasteiger partial charge in [-0.1, -0.05) is 12.1 Å². The minimum absolute atomic E-state index is 0.0554. The van der Waals surface area contributed by atoms with Crippen LogP contribution in [0.4, 0.5) is 11.5 Å². The summed E-state index contributed by atoms with van der Waals surface area (Å²) in [5.74, 6) is 0.947. The van der Waals surface area contributed by atoms with Crippen LogP contribution in [-0.2, 0) is 4.79 Å². The topological polar surface area (TPSA) is 98.0 Å². The Kier molecular flexibility index (Phi) is 5.10. The Labute approximate surface area is 186 Å². The number of nitrogens with zero attached hydrogens (tertiary/aromatic N) is 6. The van der Waals surface area contributed by atoms with E-state index in [0.717, 1.165) is 53.9 Å². The Balaban J connectivity index is 1.45. The zero-order valence-electron chi connectivity index (χ0n) is 18.2. The fourth-order valence-electron chi connectivity index (χ4n) is 4.69. The van der Waals surface area contributed by atoms with E-state index in [-0.39, 0.29) is 18.0 Å². The molecule has 0 bridgehead atoms. The number of hydrogen-bond donors (Lipinski definition) is 1. The molecule has 5 rings (SSSR count). The van der Waals surface area contributed by atoms with Crippen molar-refractivity contribution in [2.45, 2.75) is 38.8 Å². The van der Waals surface area contributed by atoms with Gasteiger partial charge in [0.25, 0.3) is 0 Å². The van der Waals surface area contributed by atoms with Crippen LogP contribution >= 0.6 is 0 Å². The lowest BCUT2D eigenvalue weighted by Gasteiger charge is -2.38. The first-order chi connectivity index (χ1) is 15.5. The summed E-state index contributed by atoms with van der Waals surface area (Å²) in [4.78, 5) is 21.1. The molecule has 2 aliphatic heterocycles. The van der Waals surface area contributed by atoms with E-state index in [1.165, 1.54) is 0 Å². The van der Waals surface area contributed by atoms with E-state index in [2.05, 4.69) is 32.5 Å². The van der Waals surface area contributed by atoms with Crippen molar-refractivity contribution in [3.63, 3.8) is 0 Å². The van der Waals surface area contributed by atoms with Crippen LogP contribution in [0, 0.1) is 18.3 Å². The van der Waals surface area contributed by atoms with Gasteiger partial charge in [0, 0.05) is 37.5 Å². The third-order valence-corrected chi connectivity index (χ3v) is 6.50. The lowest BCUT2D eigenvalue weighted by atomic mass is 10.1. The van der Waals surface area contributed by atoms with E-state index in [0.29, 0.717) is 17.8 Å². The van der Waals surface area contributed by atoms with E-state index >= 15 is 0 Å². The van der Waals surface area contributed by atoms with Crippen LogP contribution in [0.25, 0.3) is 10.9 Å². The maximum atomic E-state index is 12.0. The molecule has 3 aromatic rings. The summed E-state index contributed by atoms with van der Waals surface area (Å²) in [7, 11) is 0. The summed E-state index contributed by atoms with van der Waals surface area (Å²) in [6.45, 7) is 6.34. The van der Waals surface area contributed by atoms with Crippen molar-refractivity contribution in [2.24, 2.45) is 0 Å². The van der Waals surface area contributed by atoms with Gasteiger partial charge in [0.05, 0.1) is 40.8 Å². The number of aromatic nitrogens is 3. The SMILES string of the molecule is Cc1nnc(N[C@H](C)c2cccc(C#N)c2)c2cc(N3CCN4C(=O)CC[C@@H]4C3)cnc12. The maximum Gasteiger partial charge on any atom is 0.223 e. The predicted octanol–water partition coefficient (Wildman–Crippen LogP) is 3.19. The van der Waals surface area contributed by atoms with Gasteiger partial charge in [-0.15, -0.1) is 5.10 Å². The molecule has 0 radical (unpaired) electrons. The highest BCUT2D eigenvalue weighted by molar-refractivity contribution is 5.92. The smallest absolute Gasteiger partial charge is 0.223 e. The number of nitrogens with one attached hydrogen (secondary N) is 1. The van der Waals surface area contributed by atoms with Crippen LogP contribution in [0.2, 0.25) is 0 Å². The van der Waals surface area contributed by atoms with E-state index in [4.69, 9.17) is 4.98 Å². The van der Waals surface area contributed by atoms with Crippen LogP contribution in [0.3, 0.4) is 0 Å². The standard InChI is InChI=1S/C24H25N7O/c1-15(18-5-3-4-17(10-18)12-25)27-24-21-11-20(13-26-23(21)16(2)28-29-24)30-8-9-31-19(14-30)6-7-22(31)32/h3-5,10-11,13,15,19H,6-9,14H2,1-2H3,(H,27,29)/t15-,19-/m1/s1. The number of piperazine rings is 1. The van der Waals surface area contributed by atoms with Gasteiger partial charge < -0.3 is 15.1 Å². The lowest BCUT2D eigenvalue weighted by Crippen LogP contribution is -2.51. The highest BCUT2D eigenvalue weighted by atomic mass is 16.2. The zero-order valence-corrected chi connectivity index (χ0v) is 18.2. The van der Waals surface area contributed by atoms with E-state index in [1.807, 2.05) is 43.1 Å². The van der Waals surface area contributed by atoms with Gasteiger partial charge in [-0.25, -0.2) is 0 Å². The summed E-state index contributed by atoms with van der Waals surface area (Å²) in [5.41, 5.74) is 4.27. The quantitative estimate of drug-likeness (QED) is 0.683. The van der Waals surface area contributed by atoms with Gasteiger partial charge in [0.15, 0.2) is 5.82 Å². The van der Waals surface area contributed by atoms with Gasteiger partial charge in [-0.3, -0.25) is 9.78 Å². The summed E-state index contributed by atoms with van der Waals surface area (Å²) >= 11 is 0. The molecule has 0 aliphatic carbocycles. The number of amides is 1. The van der Waals surface area contributed by atoms with E-state index in [1.54, 1.807) is 6.07 Å². The number of benzene rings is 1. The van der Waals surface area contributed by atoms with Crippen LogP contribution < -0.4 is 10.2 Å². The van der Waals surface area contributed by atoms with E-state index in [9.17, 15) is 10.1 Å². The Hall–Kier alpha value is -3.73. The third kappa shape index (κ3) is 3.60. The molecule has 2 fully saturated rings. The Morgan fingerprint density at radius 2 is 2.12 bits per heavy atom. The van der Waals surface area contributed by atoms with Crippen molar-refractivity contribution in [2.75, 3.05) is 29.9 Å². The second kappa shape index (κ2) is 8.08. The fraction of sp³-hybridized carbons (Fsp3) is 0.375. The molecule has 0 saturated carbocycles. The molecule has 2 aromatic heterocycles. The van der Waals surface area contributed by atoms with Crippen LogP contribution in [-0.4, -0.2) is 51.7 Å². The number of carbonyl (C=O) groups excluding carboxylic acids is 1. The van der Waals surface area contributed by atoms with Crippen molar-refractivity contribution in [1.82, 2.24) is 20.1 Å². The average molecular weight is 428 g/mol. The number of rotatable bonds is 4. The highest BCUT2D eigenvalue weighted by Crippen LogP contribution is 2.31. The lowest BCUT2D eigenvalue weighted by molar-refractivity contribution is -0.129. The van der Waals surface area contributed by atoms with E-state index < -0.39 is 0 Å². The molecule has 8 heteroatoms. The largest absolute Gasteiger partial charge is 0.366 e. The van der Waals surface area contributed by atoms with Gasteiger partial charge in [0.2, 0.25) is 5.91 Å². The van der Waals surface area contributed by atoms with Gasteiger partial charge in [0.1, 0.15) is 0 Å². The third-order valence-electron chi connectivity index (χ3n) is 6.50. The molecule has 2 saturated heterocycles. The van der Waals surface area contributed by atoms with Crippen molar-refractivity contribution < 1.29 is 4.79 Å². The molecule has 32 heavy (non-hydrogen) atoms. The number of nitriles is 1. The fourth-order valence-corrected chi connectivity index (χ4v) is 4.69. The summed E-state index contributed by atoms with van der Waals surface area (Å²) < 4.78 is 0. The van der Waals surface area contributed by atoms with Crippen molar-refractivity contribution in [3.8, 4) is 6.07 Å². The molecule has 0 unspecified atom stereocenters. The predicted molar refractivity (Wildman–Crippen MR) is 122 cm³/mol. The first kappa shape index (κ1) is 20.2. The zero-order chi connectivity index (χ0) is 22.2. The van der Waals surface area contributed by atoms with Crippen LogP contribution in [0.15, 0.2) is 36.5 Å². The first-order valence-corrected chi connectivity index (χ1v) is 11.0. The van der Waals surface area contributed by atoms with Crippen LogP contribution in [0.5, 0.6) is 0 Å². The second-order valence-corrected chi connectivity index (χ2v) is 8.55. The van der Waals surface area contributed by atoms with Gasteiger partial charge in [-0.05, 0) is 44.0 Å². The second-order valence-electron chi connectivity index (χ2n) is 8.55. The Bertz CT molecular complexity index is 1230. The van der Waals surface area contributed by atoms with Crippen molar-refractivity contribution in [1.29, 1.82) is 5.26 Å². The molecule has 2 atom stereocenters. The molecular formula is C24H25N7O. The molecule has 1 N–H and O–H groups in total. The molecule has 0 spiro atoms. The minimum atomic E-state index is -0.0554. The number of carbonyl (C=O) groups is 1. The molecular weight excluding hydrogens is 402 g/mol. The molecule has 4 heterocycles. The number of hydrogen-bond acceptors (Lipinski definition) is 7. The van der Waals surface area contributed by atoms with Crippen molar-refractivity contribution >= 4 is 28.3 Å². The highest BCUT2D eigenvalue weighted by Gasteiger charge is 2.35. The maximum absolute atomic E-state index is 12.0. The average Bonchev–Trinajstić information content (AvgIpc) is 3.20. The monoisotopic (exact) mass is 427 g/mol. The minimum Gasteiger partial charge on any atom is -0.366 e. The van der Waals surface area contributed by atoms with Gasteiger partial charge >= 0.3 is 0 Å². The number of pyridine rings is 1. The summed E-state index contributed by atoms with van der Waals surface area (Å²) in [6.07, 6.45) is 3.47. The van der Waals surface area contributed by atoms with Gasteiger partial charge in [-0.2, -0.15) is 10.4 Å². The normalized spacial score (nSPS) is 19.0. The summed E-state index contributed by atoms with van der Waals surface area (Å²) in [5, 5.41) is 22.3. The number of fused-ring (bicyclic) bond motifs is 2. The molecule has 1 amide bonds.